The van der Waals surface area contributed by atoms with Crippen LogP contribution in [0, 0.1) is 0 Å². The van der Waals surface area contributed by atoms with Crippen LogP contribution in [0.4, 0.5) is 18.9 Å². The van der Waals surface area contributed by atoms with Crippen LogP contribution in [0.5, 0.6) is 11.5 Å². The van der Waals surface area contributed by atoms with Gasteiger partial charge in [0.05, 0.1) is 12.5 Å². The fourth-order valence-electron chi connectivity index (χ4n) is 4.11. The SMILES string of the molecule is CN[C@H](CC(=O)O)C(=O)N1CCc2cc(OCc3ccc(C4CC4)cc3OC(F)(F)F)ccc21.Cl. The molecule has 190 valence electrons. The predicted molar refractivity (Wildman–Crippen MR) is 124 cm³/mol. The number of halogens is 4. The molecule has 4 rings (SSSR count). The van der Waals surface area contributed by atoms with Gasteiger partial charge in [-0.1, -0.05) is 12.1 Å². The summed E-state index contributed by atoms with van der Waals surface area (Å²) in [4.78, 5) is 25.3. The molecule has 1 aliphatic carbocycles. The van der Waals surface area contributed by atoms with Gasteiger partial charge in [0.2, 0.25) is 5.91 Å². The number of fused-ring (bicyclic) bond motifs is 1. The van der Waals surface area contributed by atoms with Gasteiger partial charge in [0.1, 0.15) is 18.1 Å². The van der Waals surface area contributed by atoms with E-state index in [9.17, 15) is 22.8 Å². The molecule has 0 unspecified atom stereocenters. The molecule has 2 aromatic carbocycles. The van der Waals surface area contributed by atoms with Gasteiger partial charge >= 0.3 is 12.3 Å². The number of nitrogens with one attached hydrogen (secondary N) is 1. The second kappa shape index (κ2) is 10.7. The summed E-state index contributed by atoms with van der Waals surface area (Å²) in [6, 6.07) is 9.09. The van der Waals surface area contributed by atoms with Gasteiger partial charge in [-0.3, -0.25) is 9.59 Å². The normalized spacial score (nSPS) is 15.7. The van der Waals surface area contributed by atoms with Gasteiger partial charge in [0, 0.05) is 17.8 Å². The number of carboxylic acid groups (broad SMARTS) is 1. The predicted octanol–water partition coefficient (Wildman–Crippen LogP) is 4.42. The molecule has 35 heavy (non-hydrogen) atoms. The maximum Gasteiger partial charge on any atom is 0.573 e. The third-order valence-electron chi connectivity index (χ3n) is 6.00. The Morgan fingerprint density at radius 1 is 1.20 bits per heavy atom. The zero-order valence-electron chi connectivity index (χ0n) is 18.9. The summed E-state index contributed by atoms with van der Waals surface area (Å²) in [6.07, 6.45) is -2.65. The summed E-state index contributed by atoms with van der Waals surface area (Å²) in [7, 11) is 1.54. The Hall–Kier alpha value is -2.98. The zero-order chi connectivity index (χ0) is 24.5. The molecule has 1 aliphatic heterocycles. The van der Waals surface area contributed by atoms with E-state index in [1.54, 1.807) is 30.3 Å². The first kappa shape index (κ1) is 26.6. The quantitative estimate of drug-likeness (QED) is 0.515. The van der Waals surface area contributed by atoms with Crippen LogP contribution in [0.25, 0.3) is 0 Å². The lowest BCUT2D eigenvalue weighted by Gasteiger charge is -2.23. The molecular weight excluding hydrogens is 489 g/mol. The Kier molecular flexibility index (Phi) is 8.17. The number of rotatable bonds is 9. The molecule has 1 fully saturated rings. The number of alkyl halides is 3. The number of carbonyl (C=O) groups excluding carboxylic acids is 1. The lowest BCUT2D eigenvalue weighted by Crippen LogP contribution is -2.45. The molecule has 1 atom stereocenters. The van der Waals surface area contributed by atoms with Gasteiger partial charge < -0.3 is 24.8 Å². The van der Waals surface area contributed by atoms with E-state index in [4.69, 9.17) is 9.84 Å². The largest absolute Gasteiger partial charge is 0.573 e. The monoisotopic (exact) mass is 514 g/mol. The third-order valence-corrected chi connectivity index (χ3v) is 6.00. The molecule has 0 spiro atoms. The molecule has 2 aliphatic rings. The first-order valence-corrected chi connectivity index (χ1v) is 11.0. The highest BCUT2D eigenvalue weighted by atomic mass is 35.5. The Morgan fingerprint density at radius 3 is 2.57 bits per heavy atom. The minimum Gasteiger partial charge on any atom is -0.489 e. The van der Waals surface area contributed by atoms with Crippen molar-refractivity contribution < 1.29 is 37.3 Å². The fraction of sp³-hybridized carbons (Fsp3) is 0.417. The first-order valence-electron chi connectivity index (χ1n) is 11.0. The number of benzene rings is 2. The number of anilines is 1. The molecule has 0 radical (unpaired) electrons. The average Bonchev–Trinajstić information content (AvgIpc) is 3.54. The van der Waals surface area contributed by atoms with Crippen LogP contribution < -0.4 is 19.7 Å². The number of nitrogens with zero attached hydrogens (tertiary/aromatic N) is 1. The van der Waals surface area contributed by atoms with E-state index in [1.165, 1.54) is 18.0 Å². The van der Waals surface area contributed by atoms with E-state index in [0.717, 1.165) is 24.0 Å². The number of hydrogen-bond donors (Lipinski definition) is 2. The number of amides is 1. The van der Waals surface area contributed by atoms with E-state index >= 15 is 0 Å². The third kappa shape index (κ3) is 6.58. The van der Waals surface area contributed by atoms with Crippen molar-refractivity contribution in [1.82, 2.24) is 5.32 Å². The number of aliphatic carboxylic acids is 1. The van der Waals surface area contributed by atoms with E-state index in [-0.39, 0.29) is 48.6 Å². The van der Waals surface area contributed by atoms with Gasteiger partial charge in [-0.25, -0.2) is 0 Å². The molecule has 2 aromatic rings. The van der Waals surface area contributed by atoms with E-state index < -0.39 is 18.4 Å². The molecule has 1 heterocycles. The summed E-state index contributed by atoms with van der Waals surface area (Å²) < 4.78 is 48.7. The van der Waals surface area contributed by atoms with E-state index in [1.807, 2.05) is 0 Å². The van der Waals surface area contributed by atoms with E-state index in [2.05, 4.69) is 10.1 Å². The van der Waals surface area contributed by atoms with Crippen LogP contribution in [-0.4, -0.2) is 43.0 Å². The summed E-state index contributed by atoms with van der Waals surface area (Å²) in [5.41, 5.74) is 2.61. The zero-order valence-corrected chi connectivity index (χ0v) is 19.7. The molecule has 0 bridgehead atoms. The first-order chi connectivity index (χ1) is 16.1. The van der Waals surface area contributed by atoms with Crippen LogP contribution in [0.15, 0.2) is 36.4 Å². The highest BCUT2D eigenvalue weighted by Gasteiger charge is 2.34. The van der Waals surface area contributed by atoms with Crippen LogP contribution >= 0.6 is 12.4 Å². The molecule has 1 amide bonds. The van der Waals surface area contributed by atoms with Crippen molar-refractivity contribution in [3.05, 3.63) is 53.1 Å². The molecular formula is C24H26ClF3N2O5. The summed E-state index contributed by atoms with van der Waals surface area (Å²) in [5, 5.41) is 11.8. The number of hydrogen-bond acceptors (Lipinski definition) is 5. The van der Waals surface area contributed by atoms with Crippen molar-refractivity contribution in [2.75, 3.05) is 18.5 Å². The Morgan fingerprint density at radius 2 is 1.94 bits per heavy atom. The van der Waals surface area contributed by atoms with Crippen LogP contribution in [0.2, 0.25) is 0 Å². The Bertz CT molecular complexity index is 1090. The van der Waals surface area contributed by atoms with Gasteiger partial charge in [0.25, 0.3) is 0 Å². The summed E-state index contributed by atoms with van der Waals surface area (Å²) >= 11 is 0. The van der Waals surface area contributed by atoms with Crippen LogP contribution in [-0.2, 0) is 22.6 Å². The Labute approximate surface area is 206 Å². The van der Waals surface area contributed by atoms with Crippen molar-refractivity contribution in [3.63, 3.8) is 0 Å². The maximum absolute atomic E-state index is 12.9. The van der Waals surface area contributed by atoms with Crippen molar-refractivity contribution in [3.8, 4) is 11.5 Å². The number of ether oxygens (including phenoxy) is 2. The molecule has 7 nitrogen and oxygen atoms in total. The number of likely N-dealkylation sites (N-methyl/N-ethyl adjacent to an activating group) is 1. The lowest BCUT2D eigenvalue weighted by molar-refractivity contribution is -0.275. The number of carbonyl (C=O) groups is 2. The maximum atomic E-state index is 12.9. The van der Waals surface area contributed by atoms with Crippen molar-refractivity contribution >= 4 is 30.0 Å². The smallest absolute Gasteiger partial charge is 0.489 e. The Balaban J connectivity index is 0.00000342. The second-order valence-electron chi connectivity index (χ2n) is 8.45. The molecule has 2 N–H and O–H groups in total. The highest BCUT2D eigenvalue weighted by Crippen LogP contribution is 2.42. The lowest BCUT2D eigenvalue weighted by atomic mass is 10.1. The average molecular weight is 515 g/mol. The minimum absolute atomic E-state index is 0. The van der Waals surface area contributed by atoms with Crippen molar-refractivity contribution in [1.29, 1.82) is 0 Å². The van der Waals surface area contributed by atoms with Crippen molar-refractivity contribution in [2.45, 2.75) is 50.6 Å². The van der Waals surface area contributed by atoms with Gasteiger partial charge in [-0.05, 0) is 67.6 Å². The summed E-state index contributed by atoms with van der Waals surface area (Å²) in [6.45, 7) is 0.292. The van der Waals surface area contributed by atoms with E-state index in [0.29, 0.717) is 24.4 Å². The minimum atomic E-state index is -4.80. The highest BCUT2D eigenvalue weighted by molar-refractivity contribution is 6.00. The van der Waals surface area contributed by atoms with Gasteiger partial charge in [0.15, 0.2) is 0 Å². The fourth-order valence-corrected chi connectivity index (χ4v) is 4.11. The molecule has 0 saturated heterocycles. The van der Waals surface area contributed by atoms with Gasteiger partial charge in [-0.15, -0.1) is 25.6 Å². The van der Waals surface area contributed by atoms with Gasteiger partial charge in [-0.2, -0.15) is 0 Å². The second-order valence-corrected chi connectivity index (χ2v) is 8.45. The van der Waals surface area contributed by atoms with Crippen molar-refractivity contribution in [2.24, 2.45) is 0 Å². The molecule has 11 heteroatoms. The standard InChI is InChI=1S/C24H25F3N2O5.ClH/c1-28-19(12-22(30)31)23(32)29-9-8-16-10-18(6-7-20(16)29)33-13-17-5-4-15(14-2-3-14)11-21(17)34-24(25,26)27;/h4-7,10-11,14,19,28H,2-3,8-9,12-13H2,1H3,(H,30,31);1H/t19-;/m1./s1. The topological polar surface area (TPSA) is 88.1 Å². The molecule has 0 aromatic heterocycles. The van der Waals surface area contributed by atoms with Crippen LogP contribution in [0.1, 0.15) is 41.9 Å². The van der Waals surface area contributed by atoms with Crippen LogP contribution in [0.3, 0.4) is 0 Å². The molecule has 1 saturated carbocycles. The number of carboxylic acids is 1. The summed E-state index contributed by atoms with van der Waals surface area (Å²) in [5.74, 6) is -0.929.